The first kappa shape index (κ1) is 20.2. The topological polar surface area (TPSA) is 94.9 Å². The quantitative estimate of drug-likeness (QED) is 0.633. The van der Waals surface area contributed by atoms with Gasteiger partial charge in [-0.3, -0.25) is 9.59 Å². The number of benzene rings is 2. The van der Waals surface area contributed by atoms with Crippen molar-refractivity contribution in [3.05, 3.63) is 70.5 Å². The summed E-state index contributed by atoms with van der Waals surface area (Å²) in [5.41, 5.74) is 2.22. The molecule has 0 fully saturated rings. The van der Waals surface area contributed by atoms with E-state index in [0.29, 0.717) is 6.42 Å². The summed E-state index contributed by atoms with van der Waals surface area (Å²) in [7, 11) is 0. The summed E-state index contributed by atoms with van der Waals surface area (Å²) in [4.78, 5) is 29.5. The highest BCUT2D eigenvalue weighted by Crippen LogP contribution is 2.28. The first-order valence-corrected chi connectivity index (χ1v) is 9.60. The molecule has 2 amide bonds. The van der Waals surface area contributed by atoms with E-state index in [1.807, 2.05) is 13.0 Å². The molecule has 0 unspecified atom stereocenters. The summed E-state index contributed by atoms with van der Waals surface area (Å²) in [5.74, 6) is -1.92. The lowest BCUT2D eigenvalue weighted by Gasteiger charge is -2.07. The number of anilines is 1. The SMILES string of the molecule is Cc1nc(-c2ccc(F)cc2)sc1CCNC(=O)C(=O)Nc1ccccc1C#N. The van der Waals surface area contributed by atoms with Gasteiger partial charge in [0, 0.05) is 23.4 Å². The summed E-state index contributed by atoms with van der Waals surface area (Å²) in [5, 5.41) is 14.8. The van der Waals surface area contributed by atoms with E-state index in [2.05, 4.69) is 15.6 Å². The van der Waals surface area contributed by atoms with Gasteiger partial charge in [-0.1, -0.05) is 12.1 Å². The van der Waals surface area contributed by atoms with Crippen molar-refractivity contribution in [1.82, 2.24) is 10.3 Å². The number of halogens is 1. The monoisotopic (exact) mass is 408 g/mol. The van der Waals surface area contributed by atoms with Crippen molar-refractivity contribution in [2.75, 3.05) is 11.9 Å². The molecule has 1 heterocycles. The number of carbonyl (C=O) groups excluding carboxylic acids is 2. The third-order valence-electron chi connectivity index (χ3n) is 4.12. The van der Waals surface area contributed by atoms with E-state index in [1.54, 1.807) is 36.4 Å². The highest BCUT2D eigenvalue weighted by Gasteiger charge is 2.16. The maximum atomic E-state index is 13.1. The van der Waals surface area contributed by atoms with Gasteiger partial charge in [-0.25, -0.2) is 9.37 Å². The Labute approximate surface area is 171 Å². The zero-order chi connectivity index (χ0) is 20.8. The molecule has 0 radical (unpaired) electrons. The number of carbonyl (C=O) groups is 2. The van der Waals surface area contributed by atoms with Crippen LogP contribution in [0.1, 0.15) is 16.1 Å². The van der Waals surface area contributed by atoms with Crippen molar-refractivity contribution >= 4 is 28.8 Å². The number of thiazole rings is 1. The Kier molecular flexibility index (Phi) is 6.32. The van der Waals surface area contributed by atoms with E-state index in [-0.39, 0.29) is 23.6 Å². The Balaban J connectivity index is 1.56. The minimum atomic E-state index is -0.833. The van der Waals surface area contributed by atoms with Gasteiger partial charge in [0.15, 0.2) is 0 Å². The predicted octanol–water partition coefficient (Wildman–Crippen LogP) is 3.43. The Morgan fingerprint density at radius 3 is 2.59 bits per heavy atom. The van der Waals surface area contributed by atoms with Crippen LogP contribution in [0.4, 0.5) is 10.1 Å². The molecule has 0 aliphatic carbocycles. The summed E-state index contributed by atoms with van der Waals surface area (Å²) < 4.78 is 13.1. The molecule has 0 aliphatic rings. The van der Waals surface area contributed by atoms with Crippen LogP contribution in [0.25, 0.3) is 10.6 Å². The molecule has 0 aliphatic heterocycles. The van der Waals surface area contributed by atoms with E-state index in [9.17, 15) is 14.0 Å². The zero-order valence-electron chi connectivity index (χ0n) is 15.5. The van der Waals surface area contributed by atoms with Crippen LogP contribution in [0.3, 0.4) is 0 Å². The molecule has 0 saturated carbocycles. The van der Waals surface area contributed by atoms with Gasteiger partial charge in [-0.15, -0.1) is 11.3 Å². The number of para-hydroxylation sites is 1. The molecule has 2 aromatic carbocycles. The molecule has 3 rings (SSSR count). The van der Waals surface area contributed by atoms with E-state index in [1.165, 1.54) is 23.5 Å². The lowest BCUT2D eigenvalue weighted by molar-refractivity contribution is -0.136. The normalized spacial score (nSPS) is 10.2. The van der Waals surface area contributed by atoms with Crippen LogP contribution in [-0.2, 0) is 16.0 Å². The van der Waals surface area contributed by atoms with E-state index in [4.69, 9.17) is 5.26 Å². The van der Waals surface area contributed by atoms with Gasteiger partial charge in [-0.05, 0) is 43.3 Å². The van der Waals surface area contributed by atoms with Crippen molar-refractivity contribution in [3.63, 3.8) is 0 Å². The second kappa shape index (κ2) is 9.08. The van der Waals surface area contributed by atoms with E-state index >= 15 is 0 Å². The lowest BCUT2D eigenvalue weighted by atomic mass is 10.2. The zero-order valence-corrected chi connectivity index (χ0v) is 16.3. The maximum absolute atomic E-state index is 13.1. The number of aryl methyl sites for hydroxylation is 1. The van der Waals surface area contributed by atoms with Crippen LogP contribution in [0.15, 0.2) is 48.5 Å². The van der Waals surface area contributed by atoms with Gasteiger partial charge in [0.1, 0.15) is 16.9 Å². The molecule has 0 spiro atoms. The molecule has 29 heavy (non-hydrogen) atoms. The average molecular weight is 408 g/mol. The molecule has 6 nitrogen and oxygen atoms in total. The molecule has 0 saturated heterocycles. The average Bonchev–Trinajstić information content (AvgIpc) is 3.09. The number of hydrogen-bond acceptors (Lipinski definition) is 5. The molecular formula is C21H17FN4O2S. The number of aromatic nitrogens is 1. The number of nitrogens with zero attached hydrogens (tertiary/aromatic N) is 2. The maximum Gasteiger partial charge on any atom is 0.313 e. The van der Waals surface area contributed by atoms with Gasteiger partial charge in [-0.2, -0.15) is 5.26 Å². The second-order valence-electron chi connectivity index (χ2n) is 6.15. The van der Waals surface area contributed by atoms with Gasteiger partial charge in [0.2, 0.25) is 0 Å². The van der Waals surface area contributed by atoms with Crippen LogP contribution in [-0.4, -0.2) is 23.3 Å². The molecule has 0 bridgehead atoms. The summed E-state index contributed by atoms with van der Waals surface area (Å²) >= 11 is 1.46. The van der Waals surface area contributed by atoms with Gasteiger partial charge in [0.05, 0.1) is 16.9 Å². The standard InChI is InChI=1S/C21H17FN4O2S/c1-13-18(29-21(25-13)14-6-8-16(22)9-7-14)10-11-24-19(27)20(28)26-17-5-3-2-4-15(17)12-23/h2-9H,10-11H2,1H3,(H,24,27)(H,26,28). The third-order valence-corrected chi connectivity index (χ3v) is 5.39. The molecule has 8 heteroatoms. The highest BCUT2D eigenvalue weighted by atomic mass is 32.1. The lowest BCUT2D eigenvalue weighted by Crippen LogP contribution is -2.36. The van der Waals surface area contributed by atoms with Crippen LogP contribution in [0.2, 0.25) is 0 Å². The van der Waals surface area contributed by atoms with Gasteiger partial charge in [0.25, 0.3) is 0 Å². The fourth-order valence-electron chi connectivity index (χ4n) is 2.61. The number of rotatable bonds is 5. The van der Waals surface area contributed by atoms with Crippen molar-refractivity contribution in [3.8, 4) is 16.6 Å². The fraction of sp³-hybridized carbons (Fsp3) is 0.143. The molecule has 0 atom stereocenters. The molecular weight excluding hydrogens is 391 g/mol. The molecule has 2 N–H and O–H groups in total. The second-order valence-corrected chi connectivity index (χ2v) is 7.24. The number of amides is 2. The van der Waals surface area contributed by atoms with Crippen LogP contribution in [0.5, 0.6) is 0 Å². The third kappa shape index (κ3) is 5.03. The van der Waals surface area contributed by atoms with Crippen molar-refractivity contribution < 1.29 is 14.0 Å². The molecule has 3 aromatic rings. The number of hydrogen-bond donors (Lipinski definition) is 2. The fourth-order valence-corrected chi connectivity index (χ4v) is 3.68. The summed E-state index contributed by atoms with van der Waals surface area (Å²) in [6.45, 7) is 2.13. The largest absolute Gasteiger partial charge is 0.347 e. The molecule has 1 aromatic heterocycles. The van der Waals surface area contributed by atoms with E-state index in [0.717, 1.165) is 21.1 Å². The Morgan fingerprint density at radius 2 is 1.86 bits per heavy atom. The van der Waals surface area contributed by atoms with Crippen molar-refractivity contribution in [2.24, 2.45) is 0 Å². The van der Waals surface area contributed by atoms with Crippen LogP contribution < -0.4 is 10.6 Å². The smallest absolute Gasteiger partial charge is 0.313 e. The van der Waals surface area contributed by atoms with Gasteiger partial charge >= 0.3 is 11.8 Å². The minimum Gasteiger partial charge on any atom is -0.347 e. The number of nitrogens with one attached hydrogen (secondary N) is 2. The summed E-state index contributed by atoms with van der Waals surface area (Å²) in [6, 6.07) is 14.5. The van der Waals surface area contributed by atoms with Crippen molar-refractivity contribution in [1.29, 1.82) is 5.26 Å². The highest BCUT2D eigenvalue weighted by molar-refractivity contribution is 7.15. The first-order chi connectivity index (χ1) is 14.0. The van der Waals surface area contributed by atoms with Crippen molar-refractivity contribution in [2.45, 2.75) is 13.3 Å². The van der Waals surface area contributed by atoms with E-state index < -0.39 is 11.8 Å². The van der Waals surface area contributed by atoms with Gasteiger partial charge < -0.3 is 10.6 Å². The van der Waals surface area contributed by atoms with Crippen LogP contribution >= 0.6 is 11.3 Å². The predicted molar refractivity (Wildman–Crippen MR) is 109 cm³/mol. The summed E-state index contributed by atoms with van der Waals surface area (Å²) in [6.07, 6.45) is 0.512. The Bertz CT molecular complexity index is 1090. The Morgan fingerprint density at radius 1 is 1.14 bits per heavy atom. The Hall–Kier alpha value is -3.57. The van der Waals surface area contributed by atoms with Crippen LogP contribution in [0, 0.1) is 24.1 Å². The minimum absolute atomic E-state index is 0.262. The number of nitriles is 1. The first-order valence-electron chi connectivity index (χ1n) is 8.78. The molecule has 146 valence electrons.